The van der Waals surface area contributed by atoms with Crippen molar-refractivity contribution >= 4 is 5.91 Å². The summed E-state index contributed by atoms with van der Waals surface area (Å²) in [5, 5.41) is 9.02. The lowest BCUT2D eigenvalue weighted by Gasteiger charge is -2.23. The van der Waals surface area contributed by atoms with E-state index in [0.717, 1.165) is 30.5 Å². The number of hydrogen-bond donors (Lipinski definition) is 1. The standard InChI is InChI=1S/C16H23NO2/c1-16(2)8-7-15(19)17(10-9-16)11-13-3-5-14(12-18)6-4-13/h3-6,18H,7-12H2,1-2H3. The normalized spacial score (nSPS) is 19.3. The first-order chi connectivity index (χ1) is 9.00. The van der Waals surface area contributed by atoms with E-state index in [-0.39, 0.29) is 17.9 Å². The first-order valence-corrected chi connectivity index (χ1v) is 6.97. The molecule has 1 heterocycles. The second-order valence-electron chi connectivity index (χ2n) is 6.20. The van der Waals surface area contributed by atoms with Gasteiger partial charge in [0.05, 0.1) is 6.61 Å². The van der Waals surface area contributed by atoms with E-state index in [1.54, 1.807) is 0 Å². The number of aliphatic hydroxyl groups is 1. The Morgan fingerprint density at radius 1 is 1.16 bits per heavy atom. The van der Waals surface area contributed by atoms with Gasteiger partial charge in [0, 0.05) is 19.5 Å². The van der Waals surface area contributed by atoms with E-state index in [2.05, 4.69) is 13.8 Å². The molecule has 0 radical (unpaired) electrons. The fraction of sp³-hybridized carbons (Fsp3) is 0.562. The van der Waals surface area contributed by atoms with Gasteiger partial charge in [-0.25, -0.2) is 0 Å². The predicted molar refractivity (Wildman–Crippen MR) is 75.4 cm³/mol. The molecule has 3 heteroatoms. The highest BCUT2D eigenvalue weighted by molar-refractivity contribution is 5.76. The molecule has 1 aliphatic rings. The van der Waals surface area contributed by atoms with Crippen LogP contribution in [0.1, 0.15) is 44.2 Å². The van der Waals surface area contributed by atoms with E-state index in [1.807, 2.05) is 29.2 Å². The number of likely N-dealkylation sites (tertiary alicyclic amines) is 1. The highest BCUT2D eigenvalue weighted by atomic mass is 16.3. The monoisotopic (exact) mass is 261 g/mol. The number of aliphatic hydroxyl groups excluding tert-OH is 1. The minimum Gasteiger partial charge on any atom is -0.392 e. The summed E-state index contributed by atoms with van der Waals surface area (Å²) in [5.41, 5.74) is 2.31. The molecule has 0 atom stereocenters. The van der Waals surface area contributed by atoms with Crippen molar-refractivity contribution in [1.29, 1.82) is 0 Å². The van der Waals surface area contributed by atoms with E-state index in [0.29, 0.717) is 13.0 Å². The van der Waals surface area contributed by atoms with Crippen molar-refractivity contribution < 1.29 is 9.90 Å². The first-order valence-electron chi connectivity index (χ1n) is 6.97. The van der Waals surface area contributed by atoms with Gasteiger partial charge in [0.15, 0.2) is 0 Å². The first kappa shape index (κ1) is 14.1. The van der Waals surface area contributed by atoms with Gasteiger partial charge in [0.1, 0.15) is 0 Å². The SMILES string of the molecule is CC1(C)CCC(=O)N(Cc2ccc(CO)cc2)CC1. The predicted octanol–water partition coefficient (Wildman–Crippen LogP) is 2.72. The van der Waals surface area contributed by atoms with Gasteiger partial charge in [-0.3, -0.25) is 4.79 Å². The summed E-state index contributed by atoms with van der Waals surface area (Å²) in [6.07, 6.45) is 2.70. The number of benzene rings is 1. The number of rotatable bonds is 3. The van der Waals surface area contributed by atoms with Crippen LogP contribution in [0.2, 0.25) is 0 Å². The minimum atomic E-state index is 0.0666. The van der Waals surface area contributed by atoms with Crippen molar-refractivity contribution in [3.63, 3.8) is 0 Å². The quantitative estimate of drug-likeness (QED) is 0.909. The molecule has 1 aromatic carbocycles. The van der Waals surface area contributed by atoms with Crippen molar-refractivity contribution in [2.24, 2.45) is 5.41 Å². The maximum Gasteiger partial charge on any atom is 0.222 e. The Labute approximate surface area is 115 Å². The Bertz CT molecular complexity index is 437. The summed E-state index contributed by atoms with van der Waals surface area (Å²) in [4.78, 5) is 14.1. The van der Waals surface area contributed by atoms with Crippen molar-refractivity contribution in [3.05, 3.63) is 35.4 Å². The fourth-order valence-electron chi connectivity index (χ4n) is 2.43. The molecule has 1 N–H and O–H groups in total. The van der Waals surface area contributed by atoms with Gasteiger partial charge in [0.25, 0.3) is 0 Å². The van der Waals surface area contributed by atoms with Crippen LogP contribution in [-0.2, 0) is 17.9 Å². The summed E-state index contributed by atoms with van der Waals surface area (Å²) < 4.78 is 0. The third kappa shape index (κ3) is 3.80. The average Bonchev–Trinajstić information content (AvgIpc) is 2.53. The van der Waals surface area contributed by atoms with Crippen LogP contribution in [-0.4, -0.2) is 22.5 Å². The zero-order valence-corrected chi connectivity index (χ0v) is 11.9. The Balaban J connectivity index is 2.02. The molecule has 1 saturated heterocycles. The molecule has 0 aromatic heterocycles. The second kappa shape index (κ2) is 5.74. The second-order valence-corrected chi connectivity index (χ2v) is 6.20. The zero-order valence-electron chi connectivity index (χ0n) is 11.9. The molecule has 2 rings (SSSR count). The smallest absolute Gasteiger partial charge is 0.222 e. The summed E-state index contributed by atoms with van der Waals surface area (Å²) >= 11 is 0. The number of amides is 1. The van der Waals surface area contributed by atoms with Crippen molar-refractivity contribution in [3.8, 4) is 0 Å². The summed E-state index contributed by atoms with van der Waals surface area (Å²) in [6, 6.07) is 7.83. The van der Waals surface area contributed by atoms with E-state index in [4.69, 9.17) is 5.11 Å². The van der Waals surface area contributed by atoms with Gasteiger partial charge in [-0.2, -0.15) is 0 Å². The maximum atomic E-state index is 12.1. The van der Waals surface area contributed by atoms with E-state index in [9.17, 15) is 4.79 Å². The van der Waals surface area contributed by atoms with Crippen molar-refractivity contribution in [2.45, 2.75) is 46.3 Å². The van der Waals surface area contributed by atoms with Crippen LogP contribution < -0.4 is 0 Å². The third-order valence-corrected chi connectivity index (χ3v) is 4.01. The van der Waals surface area contributed by atoms with Crippen LogP contribution in [0, 0.1) is 5.41 Å². The Morgan fingerprint density at radius 2 is 1.79 bits per heavy atom. The summed E-state index contributed by atoms with van der Waals surface area (Å²) in [5.74, 6) is 0.261. The third-order valence-electron chi connectivity index (χ3n) is 4.01. The van der Waals surface area contributed by atoms with E-state index >= 15 is 0 Å². The van der Waals surface area contributed by atoms with Crippen LogP contribution in [0.25, 0.3) is 0 Å². The Kier molecular flexibility index (Phi) is 4.25. The molecule has 0 bridgehead atoms. The fourth-order valence-corrected chi connectivity index (χ4v) is 2.43. The molecule has 19 heavy (non-hydrogen) atoms. The van der Waals surface area contributed by atoms with Gasteiger partial charge in [-0.15, -0.1) is 0 Å². The molecule has 1 amide bonds. The van der Waals surface area contributed by atoms with Gasteiger partial charge in [-0.05, 0) is 29.4 Å². The molecule has 0 saturated carbocycles. The number of carbonyl (C=O) groups excluding carboxylic acids is 1. The zero-order chi connectivity index (χ0) is 13.9. The molecule has 104 valence electrons. The molecular weight excluding hydrogens is 238 g/mol. The molecule has 1 fully saturated rings. The number of nitrogens with zero attached hydrogens (tertiary/aromatic N) is 1. The lowest BCUT2D eigenvalue weighted by molar-refractivity contribution is -0.131. The van der Waals surface area contributed by atoms with Crippen LogP contribution in [0.3, 0.4) is 0 Å². The Morgan fingerprint density at radius 3 is 2.42 bits per heavy atom. The Hall–Kier alpha value is -1.35. The van der Waals surface area contributed by atoms with E-state index in [1.165, 1.54) is 0 Å². The molecule has 1 aliphatic heterocycles. The molecule has 3 nitrogen and oxygen atoms in total. The lowest BCUT2D eigenvalue weighted by Crippen LogP contribution is -2.30. The number of hydrogen-bond acceptors (Lipinski definition) is 2. The largest absolute Gasteiger partial charge is 0.392 e. The van der Waals surface area contributed by atoms with Crippen molar-refractivity contribution in [1.82, 2.24) is 4.90 Å². The lowest BCUT2D eigenvalue weighted by atomic mass is 9.85. The minimum absolute atomic E-state index is 0.0666. The maximum absolute atomic E-state index is 12.1. The average molecular weight is 261 g/mol. The van der Waals surface area contributed by atoms with Crippen LogP contribution in [0.15, 0.2) is 24.3 Å². The van der Waals surface area contributed by atoms with Crippen molar-refractivity contribution in [2.75, 3.05) is 6.54 Å². The summed E-state index contributed by atoms with van der Waals surface area (Å²) in [6.45, 7) is 6.06. The number of carbonyl (C=O) groups is 1. The molecule has 1 aromatic rings. The highest BCUT2D eigenvalue weighted by Gasteiger charge is 2.27. The summed E-state index contributed by atoms with van der Waals surface area (Å²) in [7, 11) is 0. The molecule has 0 unspecified atom stereocenters. The molecule has 0 aliphatic carbocycles. The molecular formula is C16H23NO2. The van der Waals surface area contributed by atoms with Crippen LogP contribution >= 0.6 is 0 Å². The van der Waals surface area contributed by atoms with Gasteiger partial charge in [0.2, 0.25) is 5.91 Å². The van der Waals surface area contributed by atoms with E-state index < -0.39 is 0 Å². The molecule has 0 spiro atoms. The topological polar surface area (TPSA) is 40.5 Å². The highest BCUT2D eigenvalue weighted by Crippen LogP contribution is 2.30. The van der Waals surface area contributed by atoms with Crippen LogP contribution in [0.4, 0.5) is 0 Å². The van der Waals surface area contributed by atoms with Crippen LogP contribution in [0.5, 0.6) is 0 Å². The van der Waals surface area contributed by atoms with Gasteiger partial charge < -0.3 is 10.0 Å². The van der Waals surface area contributed by atoms with Gasteiger partial charge >= 0.3 is 0 Å². The van der Waals surface area contributed by atoms with Gasteiger partial charge in [-0.1, -0.05) is 38.1 Å².